The molecule has 0 bridgehead atoms. The molecule has 1 saturated heterocycles. The molecule has 1 fully saturated rings. The van der Waals surface area contributed by atoms with Crippen LogP contribution in [-0.4, -0.2) is 54.9 Å². The molecule has 0 unspecified atom stereocenters. The fraction of sp³-hybridized carbons (Fsp3) is 0.500. The summed E-state index contributed by atoms with van der Waals surface area (Å²) in [6, 6.07) is 2.17. The maximum absolute atomic E-state index is 13.5. The van der Waals surface area contributed by atoms with Crippen molar-refractivity contribution < 1.29 is 26.7 Å². The molecule has 11 heteroatoms. The van der Waals surface area contributed by atoms with E-state index in [0.717, 1.165) is 12.3 Å². The van der Waals surface area contributed by atoms with Crippen LogP contribution in [-0.2, 0) is 21.2 Å². The van der Waals surface area contributed by atoms with Crippen LogP contribution >= 0.6 is 11.3 Å². The van der Waals surface area contributed by atoms with Crippen LogP contribution in [0.3, 0.4) is 0 Å². The summed E-state index contributed by atoms with van der Waals surface area (Å²) in [5.41, 5.74) is 0.208. The molecule has 1 amide bonds. The van der Waals surface area contributed by atoms with Gasteiger partial charge in [0.15, 0.2) is 0 Å². The van der Waals surface area contributed by atoms with Crippen LogP contribution < -0.4 is 4.72 Å². The molecule has 31 heavy (non-hydrogen) atoms. The third-order valence-corrected chi connectivity index (χ3v) is 6.29. The van der Waals surface area contributed by atoms with Gasteiger partial charge in [-0.15, -0.1) is 11.3 Å². The molecule has 1 aliphatic rings. The highest BCUT2D eigenvalue weighted by Gasteiger charge is 2.40. The lowest BCUT2D eigenvalue weighted by Gasteiger charge is -2.30. The highest BCUT2D eigenvalue weighted by molar-refractivity contribution is 7.88. The summed E-state index contributed by atoms with van der Waals surface area (Å²) in [5, 5.41) is 2.17. The van der Waals surface area contributed by atoms with Gasteiger partial charge in [-0.3, -0.25) is 0 Å². The molecular formula is C20H25F2N3O4S2. The maximum atomic E-state index is 13.5. The zero-order valence-electron chi connectivity index (χ0n) is 17.7. The van der Waals surface area contributed by atoms with Gasteiger partial charge in [-0.1, -0.05) is 0 Å². The topological polar surface area (TPSA) is 88.6 Å². The van der Waals surface area contributed by atoms with Crippen molar-refractivity contribution in [2.45, 2.75) is 51.3 Å². The number of hydrogen-bond acceptors (Lipinski definition) is 6. The zero-order chi connectivity index (χ0) is 23.0. The van der Waals surface area contributed by atoms with Crippen LogP contribution in [0, 0.1) is 11.6 Å². The standard InChI is InChI=1S/C20H25F2N3O4S2/c1-20(2,3)29-19(26)25-6-5-16(24-31(4,27)28)17(25)10-15-11-30-18(23-15)12-7-13(21)9-14(22)8-12/h7-9,11,16-17,24H,5-6,10H2,1-4H3/t16-,17-/m0/s1. The first-order valence-electron chi connectivity index (χ1n) is 9.68. The van der Waals surface area contributed by atoms with Gasteiger partial charge < -0.3 is 9.64 Å². The van der Waals surface area contributed by atoms with Gasteiger partial charge in [-0.25, -0.2) is 31.7 Å². The Bertz CT molecular complexity index is 1050. The Morgan fingerprint density at radius 1 is 1.29 bits per heavy atom. The minimum atomic E-state index is -3.49. The van der Waals surface area contributed by atoms with Gasteiger partial charge in [0, 0.05) is 36.0 Å². The van der Waals surface area contributed by atoms with Gasteiger partial charge >= 0.3 is 6.09 Å². The van der Waals surface area contributed by atoms with Crippen LogP contribution in [0.4, 0.5) is 13.6 Å². The van der Waals surface area contributed by atoms with Crippen LogP contribution in [0.2, 0.25) is 0 Å². The Kier molecular flexibility index (Phi) is 6.68. The Labute approximate surface area is 184 Å². The minimum Gasteiger partial charge on any atom is -0.444 e. The summed E-state index contributed by atoms with van der Waals surface area (Å²) in [6.45, 7) is 5.60. The second-order valence-electron chi connectivity index (χ2n) is 8.53. The van der Waals surface area contributed by atoms with Crippen molar-refractivity contribution in [3.05, 3.63) is 40.9 Å². The van der Waals surface area contributed by atoms with Crippen molar-refractivity contribution in [1.82, 2.24) is 14.6 Å². The molecule has 2 heterocycles. The van der Waals surface area contributed by atoms with Crippen molar-refractivity contribution in [1.29, 1.82) is 0 Å². The molecule has 1 N–H and O–H groups in total. The largest absolute Gasteiger partial charge is 0.444 e. The smallest absolute Gasteiger partial charge is 0.410 e. The van der Waals surface area contributed by atoms with Crippen molar-refractivity contribution in [2.75, 3.05) is 12.8 Å². The molecule has 2 aromatic rings. The number of hydrogen-bond donors (Lipinski definition) is 1. The second kappa shape index (κ2) is 8.79. The molecule has 3 rings (SSSR count). The Morgan fingerprint density at radius 2 is 1.94 bits per heavy atom. The minimum absolute atomic E-state index is 0.265. The summed E-state index contributed by atoms with van der Waals surface area (Å²) >= 11 is 1.22. The molecule has 0 aliphatic carbocycles. The number of sulfonamides is 1. The van der Waals surface area contributed by atoms with Gasteiger partial charge in [0.05, 0.1) is 18.0 Å². The molecule has 2 atom stereocenters. The number of thiazole rings is 1. The lowest BCUT2D eigenvalue weighted by atomic mass is 10.1. The van der Waals surface area contributed by atoms with Crippen LogP contribution in [0.15, 0.2) is 23.6 Å². The lowest BCUT2D eigenvalue weighted by molar-refractivity contribution is 0.0218. The highest BCUT2D eigenvalue weighted by Crippen LogP contribution is 2.29. The number of benzene rings is 1. The number of carbonyl (C=O) groups excluding carboxylic acids is 1. The Balaban J connectivity index is 1.85. The van der Waals surface area contributed by atoms with E-state index in [9.17, 15) is 22.0 Å². The quantitative estimate of drug-likeness (QED) is 0.717. The van der Waals surface area contributed by atoms with Crippen molar-refractivity contribution in [3.63, 3.8) is 0 Å². The van der Waals surface area contributed by atoms with Gasteiger partial charge in [0.1, 0.15) is 22.2 Å². The average molecular weight is 474 g/mol. The molecule has 7 nitrogen and oxygen atoms in total. The van der Waals surface area contributed by atoms with Gasteiger partial charge in [-0.2, -0.15) is 0 Å². The summed E-state index contributed by atoms with van der Waals surface area (Å²) in [4.78, 5) is 18.7. The number of nitrogens with one attached hydrogen (secondary N) is 1. The fourth-order valence-corrected chi connectivity index (χ4v) is 5.14. The van der Waals surface area contributed by atoms with E-state index in [4.69, 9.17) is 4.74 Å². The third kappa shape index (κ3) is 6.44. The first-order chi connectivity index (χ1) is 14.3. The first-order valence-corrected chi connectivity index (χ1v) is 12.5. The van der Waals surface area contributed by atoms with E-state index in [-0.39, 0.29) is 6.42 Å². The predicted molar refractivity (Wildman–Crippen MR) is 114 cm³/mol. The maximum Gasteiger partial charge on any atom is 0.410 e. The molecular weight excluding hydrogens is 448 g/mol. The number of aromatic nitrogens is 1. The lowest BCUT2D eigenvalue weighted by Crippen LogP contribution is -2.48. The normalized spacial score (nSPS) is 19.6. The number of amides is 1. The van der Waals surface area contributed by atoms with Crippen LogP contribution in [0.25, 0.3) is 10.6 Å². The van der Waals surface area contributed by atoms with E-state index < -0.39 is 45.4 Å². The number of carbonyl (C=O) groups is 1. The van der Waals surface area contributed by atoms with Crippen molar-refractivity contribution >= 4 is 27.5 Å². The number of nitrogens with zero attached hydrogens (tertiary/aromatic N) is 2. The molecule has 0 saturated carbocycles. The molecule has 0 spiro atoms. The zero-order valence-corrected chi connectivity index (χ0v) is 19.3. The van der Waals surface area contributed by atoms with E-state index >= 15 is 0 Å². The molecule has 1 aromatic heterocycles. The van der Waals surface area contributed by atoms with E-state index in [1.54, 1.807) is 26.2 Å². The summed E-state index contributed by atoms with van der Waals surface area (Å²) in [5.74, 6) is -1.40. The number of ether oxygens (including phenoxy) is 1. The van der Waals surface area contributed by atoms with Gasteiger partial charge in [0.2, 0.25) is 10.0 Å². The monoisotopic (exact) mass is 473 g/mol. The highest BCUT2D eigenvalue weighted by atomic mass is 32.2. The first kappa shape index (κ1) is 23.6. The van der Waals surface area contributed by atoms with E-state index in [1.807, 2.05) is 0 Å². The molecule has 1 aromatic carbocycles. The SMILES string of the molecule is CC(C)(C)OC(=O)N1CC[C@H](NS(C)(=O)=O)[C@@H]1Cc1csc(-c2cc(F)cc(F)c2)n1. The number of halogens is 2. The predicted octanol–water partition coefficient (Wildman–Crippen LogP) is 3.56. The Hall–Kier alpha value is -2.11. The Morgan fingerprint density at radius 3 is 2.52 bits per heavy atom. The van der Waals surface area contributed by atoms with Gasteiger partial charge in [0.25, 0.3) is 0 Å². The third-order valence-electron chi connectivity index (χ3n) is 4.62. The van der Waals surface area contributed by atoms with E-state index in [2.05, 4.69) is 9.71 Å². The second-order valence-corrected chi connectivity index (χ2v) is 11.2. The summed E-state index contributed by atoms with van der Waals surface area (Å²) in [6.07, 6.45) is 1.24. The summed E-state index contributed by atoms with van der Waals surface area (Å²) < 4.78 is 58.8. The van der Waals surface area contributed by atoms with Crippen molar-refractivity contribution in [2.24, 2.45) is 0 Å². The fourth-order valence-electron chi connectivity index (χ4n) is 3.49. The average Bonchev–Trinajstić information content (AvgIpc) is 3.19. The van der Waals surface area contributed by atoms with E-state index in [0.29, 0.717) is 29.2 Å². The molecule has 1 aliphatic heterocycles. The van der Waals surface area contributed by atoms with E-state index in [1.165, 1.54) is 28.4 Å². The van der Waals surface area contributed by atoms with Crippen LogP contribution in [0.5, 0.6) is 0 Å². The van der Waals surface area contributed by atoms with Crippen LogP contribution in [0.1, 0.15) is 32.9 Å². The van der Waals surface area contributed by atoms with Crippen molar-refractivity contribution in [3.8, 4) is 10.6 Å². The molecule has 170 valence electrons. The van der Waals surface area contributed by atoms with Gasteiger partial charge in [-0.05, 0) is 39.3 Å². The summed E-state index contributed by atoms with van der Waals surface area (Å²) in [7, 11) is -3.49. The number of rotatable bonds is 5. The number of likely N-dealkylation sites (tertiary alicyclic amines) is 1. The molecule has 0 radical (unpaired) electrons.